The number of piperidine rings is 1. The molecule has 0 unspecified atom stereocenters. The maximum atomic E-state index is 12.7. The predicted molar refractivity (Wildman–Crippen MR) is 85.1 cm³/mol. The summed E-state index contributed by atoms with van der Waals surface area (Å²) < 4.78 is 0. The lowest BCUT2D eigenvalue weighted by Crippen LogP contribution is -2.53. The van der Waals surface area contributed by atoms with Gasteiger partial charge in [-0.3, -0.25) is 4.79 Å². The van der Waals surface area contributed by atoms with Gasteiger partial charge in [-0.2, -0.15) is 0 Å². The molecule has 5 heteroatoms. The first-order chi connectivity index (χ1) is 9.99. The lowest BCUT2D eigenvalue weighted by molar-refractivity contribution is -0.134. The number of nitrogens with zero attached hydrogens (tertiary/aromatic N) is 2. The van der Waals surface area contributed by atoms with Gasteiger partial charge in [-0.1, -0.05) is 13.8 Å². The lowest BCUT2D eigenvalue weighted by atomic mass is 10.0. The number of hydrogen-bond acceptors (Lipinski definition) is 2. The molecule has 0 aromatic heterocycles. The summed E-state index contributed by atoms with van der Waals surface area (Å²) in [6.45, 7) is 11.0. The van der Waals surface area contributed by atoms with E-state index >= 15 is 0 Å². The van der Waals surface area contributed by atoms with Crippen LogP contribution in [0.15, 0.2) is 0 Å². The van der Waals surface area contributed by atoms with Crippen LogP contribution in [0.5, 0.6) is 0 Å². The summed E-state index contributed by atoms with van der Waals surface area (Å²) in [6, 6.07) is -0.521. The van der Waals surface area contributed by atoms with Gasteiger partial charge in [0.25, 0.3) is 0 Å². The molecule has 0 aliphatic carbocycles. The SMILES string of the molecule is CCN(CC)C(=O)N[C@@H](CC(C)C)C(=O)N1CCCCC1. The molecule has 122 valence electrons. The number of amides is 3. The highest BCUT2D eigenvalue weighted by molar-refractivity contribution is 5.87. The fraction of sp³-hybridized carbons (Fsp3) is 0.875. The van der Waals surface area contributed by atoms with Gasteiger partial charge in [0.1, 0.15) is 6.04 Å². The van der Waals surface area contributed by atoms with E-state index in [0.29, 0.717) is 25.4 Å². The molecular formula is C16H31N3O2. The third-order valence-corrected chi connectivity index (χ3v) is 4.02. The number of nitrogens with one attached hydrogen (secondary N) is 1. The minimum atomic E-state index is -0.392. The molecule has 1 fully saturated rings. The van der Waals surface area contributed by atoms with Gasteiger partial charge in [-0.05, 0) is 45.4 Å². The van der Waals surface area contributed by atoms with Gasteiger partial charge < -0.3 is 15.1 Å². The number of rotatable bonds is 6. The summed E-state index contributed by atoms with van der Waals surface area (Å²) in [5.41, 5.74) is 0. The van der Waals surface area contributed by atoms with Crippen LogP contribution in [0, 0.1) is 5.92 Å². The van der Waals surface area contributed by atoms with E-state index in [1.807, 2.05) is 18.7 Å². The quantitative estimate of drug-likeness (QED) is 0.819. The molecule has 1 aliphatic rings. The Labute approximate surface area is 129 Å². The molecule has 1 atom stereocenters. The molecule has 0 radical (unpaired) electrons. The third-order valence-electron chi connectivity index (χ3n) is 4.02. The van der Waals surface area contributed by atoms with Crippen molar-refractivity contribution in [1.82, 2.24) is 15.1 Å². The second-order valence-electron chi connectivity index (χ2n) is 6.19. The standard InChI is InChI=1S/C16H31N3O2/c1-5-18(6-2)16(21)17-14(12-13(3)4)15(20)19-10-8-7-9-11-19/h13-14H,5-12H2,1-4H3,(H,17,21)/t14-/m0/s1. The molecular weight excluding hydrogens is 266 g/mol. The van der Waals surface area contributed by atoms with Crippen LogP contribution >= 0.6 is 0 Å². The van der Waals surface area contributed by atoms with E-state index in [0.717, 1.165) is 25.9 Å². The molecule has 0 aromatic rings. The normalized spacial score (nSPS) is 16.7. The van der Waals surface area contributed by atoms with Gasteiger partial charge in [0, 0.05) is 26.2 Å². The summed E-state index contributed by atoms with van der Waals surface area (Å²) in [4.78, 5) is 28.5. The average molecular weight is 297 g/mol. The van der Waals surface area contributed by atoms with Crippen molar-refractivity contribution < 1.29 is 9.59 Å². The Morgan fingerprint density at radius 2 is 1.67 bits per heavy atom. The van der Waals surface area contributed by atoms with Crippen LogP contribution in [0.3, 0.4) is 0 Å². The number of carbonyl (C=O) groups excluding carboxylic acids is 2. The van der Waals surface area contributed by atoms with Crippen LogP contribution in [0.1, 0.15) is 53.4 Å². The zero-order valence-corrected chi connectivity index (χ0v) is 14.0. The second-order valence-corrected chi connectivity index (χ2v) is 6.19. The van der Waals surface area contributed by atoms with Crippen molar-refractivity contribution in [3.63, 3.8) is 0 Å². The first-order valence-electron chi connectivity index (χ1n) is 8.33. The minimum absolute atomic E-state index is 0.0870. The zero-order chi connectivity index (χ0) is 15.8. The monoisotopic (exact) mass is 297 g/mol. The highest BCUT2D eigenvalue weighted by Crippen LogP contribution is 2.14. The van der Waals surface area contributed by atoms with Crippen molar-refractivity contribution in [2.45, 2.75) is 59.4 Å². The first kappa shape index (κ1) is 17.8. The fourth-order valence-electron chi connectivity index (χ4n) is 2.78. The molecule has 1 heterocycles. The molecule has 0 spiro atoms. The van der Waals surface area contributed by atoms with Crippen molar-refractivity contribution in [3.8, 4) is 0 Å². The van der Waals surface area contributed by atoms with Crippen LogP contribution in [0.2, 0.25) is 0 Å². The van der Waals surface area contributed by atoms with Gasteiger partial charge in [0.05, 0.1) is 0 Å². The molecule has 1 aliphatic heterocycles. The Kier molecular flexibility index (Phi) is 7.54. The van der Waals surface area contributed by atoms with Gasteiger partial charge in [0.15, 0.2) is 0 Å². The van der Waals surface area contributed by atoms with Crippen LogP contribution in [-0.2, 0) is 4.79 Å². The van der Waals surface area contributed by atoms with Crippen molar-refractivity contribution in [2.24, 2.45) is 5.92 Å². The van der Waals surface area contributed by atoms with E-state index in [-0.39, 0.29) is 11.9 Å². The molecule has 0 aromatic carbocycles. The van der Waals surface area contributed by atoms with Crippen LogP contribution < -0.4 is 5.32 Å². The first-order valence-corrected chi connectivity index (χ1v) is 8.33. The van der Waals surface area contributed by atoms with Crippen molar-refractivity contribution >= 4 is 11.9 Å². The van der Waals surface area contributed by atoms with E-state index in [9.17, 15) is 9.59 Å². The van der Waals surface area contributed by atoms with Gasteiger partial charge in [0.2, 0.25) is 5.91 Å². The van der Waals surface area contributed by atoms with Crippen molar-refractivity contribution in [2.75, 3.05) is 26.2 Å². The minimum Gasteiger partial charge on any atom is -0.341 e. The number of urea groups is 1. The number of likely N-dealkylation sites (tertiary alicyclic amines) is 1. The molecule has 21 heavy (non-hydrogen) atoms. The zero-order valence-electron chi connectivity index (χ0n) is 14.0. The largest absolute Gasteiger partial charge is 0.341 e. The average Bonchev–Trinajstić information content (AvgIpc) is 2.47. The Morgan fingerprint density at radius 3 is 2.14 bits per heavy atom. The summed E-state index contributed by atoms with van der Waals surface area (Å²) in [6.07, 6.45) is 4.04. The highest BCUT2D eigenvalue weighted by Gasteiger charge is 2.28. The molecule has 0 bridgehead atoms. The van der Waals surface area contributed by atoms with Gasteiger partial charge in [-0.15, -0.1) is 0 Å². The molecule has 1 rings (SSSR count). The maximum absolute atomic E-state index is 12.7. The van der Waals surface area contributed by atoms with Crippen LogP contribution in [-0.4, -0.2) is 54.0 Å². The van der Waals surface area contributed by atoms with Crippen molar-refractivity contribution in [1.29, 1.82) is 0 Å². The lowest BCUT2D eigenvalue weighted by Gasteiger charge is -2.32. The summed E-state index contributed by atoms with van der Waals surface area (Å²) in [7, 11) is 0. The Bertz CT molecular complexity index is 334. The van der Waals surface area contributed by atoms with E-state index in [2.05, 4.69) is 19.2 Å². The summed E-state index contributed by atoms with van der Waals surface area (Å²) in [5, 5.41) is 2.94. The van der Waals surface area contributed by atoms with Crippen LogP contribution in [0.25, 0.3) is 0 Å². The molecule has 0 saturated carbocycles. The molecule has 3 amide bonds. The van der Waals surface area contributed by atoms with Crippen molar-refractivity contribution in [3.05, 3.63) is 0 Å². The Balaban J connectivity index is 2.69. The highest BCUT2D eigenvalue weighted by atomic mass is 16.2. The smallest absolute Gasteiger partial charge is 0.318 e. The fourth-order valence-corrected chi connectivity index (χ4v) is 2.78. The van der Waals surface area contributed by atoms with E-state index in [1.165, 1.54) is 6.42 Å². The number of hydrogen-bond donors (Lipinski definition) is 1. The Hall–Kier alpha value is -1.26. The molecule has 1 saturated heterocycles. The van der Waals surface area contributed by atoms with Crippen LogP contribution in [0.4, 0.5) is 4.79 Å². The van der Waals surface area contributed by atoms with E-state index < -0.39 is 6.04 Å². The maximum Gasteiger partial charge on any atom is 0.318 e. The van der Waals surface area contributed by atoms with E-state index in [1.54, 1.807) is 4.90 Å². The predicted octanol–water partition coefficient (Wildman–Crippen LogP) is 2.47. The third kappa shape index (κ3) is 5.56. The van der Waals surface area contributed by atoms with E-state index in [4.69, 9.17) is 0 Å². The molecule has 5 nitrogen and oxygen atoms in total. The topological polar surface area (TPSA) is 52.7 Å². The van der Waals surface area contributed by atoms with Gasteiger partial charge >= 0.3 is 6.03 Å². The summed E-state index contributed by atoms with van der Waals surface area (Å²) in [5.74, 6) is 0.463. The Morgan fingerprint density at radius 1 is 1.10 bits per heavy atom. The number of carbonyl (C=O) groups is 2. The van der Waals surface area contributed by atoms with Gasteiger partial charge in [-0.25, -0.2) is 4.79 Å². The molecule has 1 N–H and O–H groups in total. The second kappa shape index (κ2) is 8.90. The summed E-state index contributed by atoms with van der Waals surface area (Å²) >= 11 is 0.